The van der Waals surface area contributed by atoms with Crippen LogP contribution in [-0.4, -0.2) is 10.0 Å². The topological polar surface area (TPSA) is 63.4 Å². The molecule has 0 heterocycles. The van der Waals surface area contributed by atoms with Crippen LogP contribution in [0.3, 0.4) is 0 Å². The first-order chi connectivity index (χ1) is 9.51. The molecule has 0 aliphatic rings. The molecule has 7 heteroatoms. The van der Waals surface area contributed by atoms with Gasteiger partial charge < -0.3 is 5.11 Å². The van der Waals surface area contributed by atoms with Gasteiger partial charge in [0, 0.05) is 11.0 Å². The maximum atomic E-state index is 11.1. The molecule has 4 nitrogen and oxygen atoms in total. The summed E-state index contributed by atoms with van der Waals surface area (Å²) in [4.78, 5) is 11.8. The molecule has 20 heavy (non-hydrogen) atoms. The fourth-order valence-corrected chi connectivity index (χ4v) is 2.86. The van der Waals surface area contributed by atoms with Gasteiger partial charge in [0.2, 0.25) is 0 Å². The predicted octanol–water partition coefficient (Wildman–Crippen LogP) is 4.55. The molecule has 0 unspecified atom stereocenters. The lowest BCUT2D eigenvalue weighted by Crippen LogP contribution is -1.93. The highest BCUT2D eigenvalue weighted by Gasteiger charge is 2.16. The van der Waals surface area contributed by atoms with E-state index >= 15 is 0 Å². The fraction of sp³-hybridized carbons (Fsp3) is 0.0769. The Morgan fingerprint density at radius 2 is 1.90 bits per heavy atom. The Balaban J connectivity index is 2.37. The third kappa shape index (κ3) is 3.43. The summed E-state index contributed by atoms with van der Waals surface area (Å²) in [5.41, 5.74) is 0.447. The van der Waals surface area contributed by atoms with Gasteiger partial charge in [-0.2, -0.15) is 0 Å². The number of nitrogens with zero attached hydrogens (tertiary/aromatic N) is 1. The minimum Gasteiger partial charge on any atom is -0.392 e. The molecule has 1 N–H and O–H groups in total. The van der Waals surface area contributed by atoms with E-state index in [9.17, 15) is 10.1 Å². The molecular weight excluding hydrogens is 321 g/mol. The summed E-state index contributed by atoms with van der Waals surface area (Å²) in [5, 5.41) is 20.9. The molecule has 0 amide bonds. The Bertz CT molecular complexity index is 664. The summed E-state index contributed by atoms with van der Waals surface area (Å²) in [5.74, 6) is 0. The second-order valence-corrected chi connectivity index (χ2v) is 5.83. The second-order valence-electron chi connectivity index (χ2n) is 3.90. The summed E-state index contributed by atoms with van der Waals surface area (Å²) in [6.07, 6.45) is 0. The number of aliphatic hydroxyl groups excluding tert-OH is 1. The highest BCUT2D eigenvalue weighted by Crippen LogP contribution is 2.37. The van der Waals surface area contributed by atoms with E-state index in [0.717, 1.165) is 4.90 Å². The standard InChI is InChI=1S/C13H9Cl2NO3S/c14-10-3-2-9(6-11(10)15)20-13-4-1-8(7-17)5-12(13)16(18)19/h1-6,17H,7H2. The minimum absolute atomic E-state index is 0.0485. The van der Waals surface area contributed by atoms with Gasteiger partial charge in [0.15, 0.2) is 0 Å². The van der Waals surface area contributed by atoms with Gasteiger partial charge in [0.25, 0.3) is 5.69 Å². The van der Waals surface area contributed by atoms with Crippen molar-refractivity contribution in [1.82, 2.24) is 0 Å². The van der Waals surface area contributed by atoms with Gasteiger partial charge in [0.1, 0.15) is 0 Å². The molecule has 0 radical (unpaired) electrons. The lowest BCUT2D eigenvalue weighted by Gasteiger charge is -2.05. The molecule has 2 aromatic rings. The molecule has 0 saturated heterocycles. The quantitative estimate of drug-likeness (QED) is 0.660. The Kier molecular flexibility index (Phi) is 4.88. The van der Waals surface area contributed by atoms with Gasteiger partial charge in [-0.25, -0.2) is 0 Å². The van der Waals surface area contributed by atoms with E-state index in [-0.39, 0.29) is 12.3 Å². The Labute approximate surface area is 129 Å². The van der Waals surface area contributed by atoms with Crippen molar-refractivity contribution >= 4 is 40.7 Å². The van der Waals surface area contributed by atoms with Crippen molar-refractivity contribution in [2.45, 2.75) is 16.4 Å². The molecule has 0 spiro atoms. The van der Waals surface area contributed by atoms with Crippen molar-refractivity contribution in [3.8, 4) is 0 Å². The summed E-state index contributed by atoms with van der Waals surface area (Å²) < 4.78 is 0. The normalized spacial score (nSPS) is 10.6. The second kappa shape index (κ2) is 6.45. The van der Waals surface area contributed by atoms with Gasteiger partial charge >= 0.3 is 0 Å². The molecular formula is C13H9Cl2NO3S. The summed E-state index contributed by atoms with van der Waals surface area (Å²) >= 11 is 13.0. The van der Waals surface area contributed by atoms with Crippen molar-refractivity contribution in [3.05, 3.63) is 62.1 Å². The molecule has 2 aromatic carbocycles. The molecule has 0 aromatic heterocycles. The molecule has 0 fully saturated rings. The molecule has 0 bridgehead atoms. The molecule has 0 saturated carbocycles. The Hall–Kier alpha value is -1.27. The van der Waals surface area contributed by atoms with Crippen LogP contribution >= 0.6 is 35.0 Å². The van der Waals surface area contributed by atoms with Gasteiger partial charge in [0.05, 0.1) is 26.5 Å². The molecule has 0 aliphatic heterocycles. The number of nitro groups is 1. The average molecular weight is 330 g/mol. The summed E-state index contributed by atoms with van der Waals surface area (Å²) in [6, 6.07) is 9.64. The van der Waals surface area contributed by atoms with E-state index in [1.54, 1.807) is 30.3 Å². The van der Waals surface area contributed by atoms with Gasteiger partial charge in [-0.05, 0) is 29.8 Å². The van der Waals surface area contributed by atoms with Crippen LogP contribution in [0.4, 0.5) is 5.69 Å². The predicted molar refractivity (Wildman–Crippen MR) is 79.6 cm³/mol. The Morgan fingerprint density at radius 1 is 1.15 bits per heavy atom. The van der Waals surface area contributed by atoms with Crippen LogP contribution in [0.15, 0.2) is 46.2 Å². The van der Waals surface area contributed by atoms with Crippen molar-refractivity contribution in [2.24, 2.45) is 0 Å². The zero-order valence-electron chi connectivity index (χ0n) is 10.0. The van der Waals surface area contributed by atoms with Gasteiger partial charge in [-0.3, -0.25) is 10.1 Å². The van der Waals surface area contributed by atoms with Crippen LogP contribution in [0.25, 0.3) is 0 Å². The average Bonchev–Trinajstić information content (AvgIpc) is 2.43. The lowest BCUT2D eigenvalue weighted by molar-refractivity contribution is -0.387. The van der Waals surface area contributed by atoms with E-state index in [2.05, 4.69) is 0 Å². The maximum absolute atomic E-state index is 11.1. The fourth-order valence-electron chi connectivity index (χ4n) is 1.56. The van der Waals surface area contributed by atoms with Crippen molar-refractivity contribution in [3.63, 3.8) is 0 Å². The number of halogens is 2. The zero-order valence-corrected chi connectivity index (χ0v) is 12.4. The molecule has 104 valence electrons. The first-order valence-corrected chi connectivity index (χ1v) is 7.09. The largest absolute Gasteiger partial charge is 0.392 e. The van der Waals surface area contributed by atoms with Crippen LogP contribution in [0, 0.1) is 10.1 Å². The molecule has 0 aliphatic carbocycles. The number of rotatable bonds is 4. The summed E-state index contributed by atoms with van der Waals surface area (Å²) in [7, 11) is 0. The molecule has 0 atom stereocenters. The first-order valence-electron chi connectivity index (χ1n) is 5.52. The van der Waals surface area contributed by atoms with Crippen LogP contribution in [0.2, 0.25) is 10.0 Å². The number of aliphatic hydroxyl groups is 1. The van der Waals surface area contributed by atoms with Gasteiger partial charge in [-0.15, -0.1) is 0 Å². The third-order valence-electron chi connectivity index (χ3n) is 2.52. The SMILES string of the molecule is O=[N+]([O-])c1cc(CO)ccc1Sc1ccc(Cl)c(Cl)c1. The van der Waals surface area contributed by atoms with E-state index in [0.29, 0.717) is 20.5 Å². The van der Waals surface area contributed by atoms with Crippen molar-refractivity contribution in [2.75, 3.05) is 0 Å². The highest BCUT2D eigenvalue weighted by atomic mass is 35.5. The Morgan fingerprint density at radius 3 is 2.50 bits per heavy atom. The minimum atomic E-state index is -0.473. The van der Waals surface area contributed by atoms with Crippen LogP contribution in [-0.2, 0) is 6.61 Å². The lowest BCUT2D eigenvalue weighted by atomic mass is 10.2. The number of hydrogen-bond acceptors (Lipinski definition) is 4. The number of benzene rings is 2. The smallest absolute Gasteiger partial charge is 0.283 e. The molecule has 2 rings (SSSR count). The number of nitro benzene ring substituents is 1. The maximum Gasteiger partial charge on any atom is 0.283 e. The third-order valence-corrected chi connectivity index (χ3v) is 4.32. The van der Waals surface area contributed by atoms with Crippen LogP contribution in [0.5, 0.6) is 0 Å². The van der Waals surface area contributed by atoms with E-state index in [1.165, 1.54) is 17.8 Å². The van der Waals surface area contributed by atoms with E-state index < -0.39 is 4.92 Å². The first kappa shape index (κ1) is 15.1. The van der Waals surface area contributed by atoms with E-state index in [1.807, 2.05) is 0 Å². The van der Waals surface area contributed by atoms with Gasteiger partial charge in [-0.1, -0.05) is 41.0 Å². The van der Waals surface area contributed by atoms with E-state index in [4.69, 9.17) is 28.3 Å². The summed E-state index contributed by atoms with van der Waals surface area (Å²) in [6.45, 7) is -0.238. The highest BCUT2D eigenvalue weighted by molar-refractivity contribution is 7.99. The zero-order chi connectivity index (χ0) is 14.7. The van der Waals surface area contributed by atoms with Crippen LogP contribution < -0.4 is 0 Å². The van der Waals surface area contributed by atoms with Crippen molar-refractivity contribution in [1.29, 1.82) is 0 Å². The van der Waals surface area contributed by atoms with Crippen molar-refractivity contribution < 1.29 is 10.0 Å². The number of hydrogen-bond donors (Lipinski definition) is 1. The van der Waals surface area contributed by atoms with Crippen LogP contribution in [0.1, 0.15) is 5.56 Å². The monoisotopic (exact) mass is 329 g/mol.